The van der Waals surface area contributed by atoms with Crippen LogP contribution in [0.4, 0.5) is 10.1 Å². The lowest BCUT2D eigenvalue weighted by molar-refractivity contribution is 0.194. The quantitative estimate of drug-likeness (QED) is 0.672. The average molecular weight is 181 g/mol. The first-order valence-electron chi connectivity index (χ1n) is 4.40. The molecule has 3 heteroatoms. The van der Waals surface area contributed by atoms with E-state index < -0.39 is 0 Å². The van der Waals surface area contributed by atoms with Gasteiger partial charge in [-0.25, -0.2) is 4.39 Å². The number of nitrogen functional groups attached to an aromatic ring is 1. The summed E-state index contributed by atoms with van der Waals surface area (Å²) in [6.45, 7) is 1.52. The molecule has 0 radical (unpaired) electrons. The molecule has 1 aromatic rings. The van der Waals surface area contributed by atoms with Gasteiger partial charge < -0.3 is 10.5 Å². The normalized spacial score (nSPS) is 22.1. The summed E-state index contributed by atoms with van der Waals surface area (Å²) in [4.78, 5) is 0. The van der Waals surface area contributed by atoms with Gasteiger partial charge in [0.05, 0.1) is 12.3 Å². The number of halogens is 1. The Balaban J connectivity index is 2.25. The van der Waals surface area contributed by atoms with Crippen LogP contribution in [-0.2, 0) is 4.74 Å². The van der Waals surface area contributed by atoms with Crippen molar-refractivity contribution in [2.45, 2.75) is 12.3 Å². The number of nitrogens with two attached hydrogens (primary N) is 1. The van der Waals surface area contributed by atoms with Crippen LogP contribution in [0.25, 0.3) is 0 Å². The van der Waals surface area contributed by atoms with Gasteiger partial charge in [0, 0.05) is 12.5 Å². The zero-order valence-electron chi connectivity index (χ0n) is 7.29. The van der Waals surface area contributed by atoms with E-state index in [0.29, 0.717) is 5.92 Å². The highest BCUT2D eigenvalue weighted by molar-refractivity contribution is 5.43. The minimum atomic E-state index is -0.345. The van der Waals surface area contributed by atoms with E-state index in [1.54, 1.807) is 12.1 Å². The van der Waals surface area contributed by atoms with Crippen molar-refractivity contribution in [2.24, 2.45) is 0 Å². The van der Waals surface area contributed by atoms with E-state index in [0.717, 1.165) is 25.2 Å². The fourth-order valence-electron chi connectivity index (χ4n) is 1.61. The molecule has 1 aromatic carbocycles. The SMILES string of the molecule is Nc1cc(C2CCOC2)ccc1F. The summed E-state index contributed by atoms with van der Waals surface area (Å²) in [5, 5.41) is 0. The second-order valence-corrected chi connectivity index (χ2v) is 3.34. The van der Waals surface area contributed by atoms with E-state index in [2.05, 4.69) is 0 Å². The van der Waals surface area contributed by atoms with Crippen molar-refractivity contribution in [3.63, 3.8) is 0 Å². The third kappa shape index (κ3) is 1.65. The highest BCUT2D eigenvalue weighted by Gasteiger charge is 2.18. The number of rotatable bonds is 1. The lowest BCUT2D eigenvalue weighted by atomic mass is 9.98. The van der Waals surface area contributed by atoms with Crippen LogP contribution in [0.2, 0.25) is 0 Å². The van der Waals surface area contributed by atoms with E-state index in [1.165, 1.54) is 6.07 Å². The Labute approximate surface area is 76.5 Å². The molecule has 2 rings (SSSR count). The molecular formula is C10H12FNO. The van der Waals surface area contributed by atoms with Crippen molar-refractivity contribution in [1.82, 2.24) is 0 Å². The van der Waals surface area contributed by atoms with Crippen molar-refractivity contribution >= 4 is 5.69 Å². The van der Waals surface area contributed by atoms with Gasteiger partial charge >= 0.3 is 0 Å². The topological polar surface area (TPSA) is 35.2 Å². The Morgan fingerprint density at radius 1 is 1.46 bits per heavy atom. The van der Waals surface area contributed by atoms with E-state index in [1.807, 2.05) is 0 Å². The van der Waals surface area contributed by atoms with Crippen LogP contribution >= 0.6 is 0 Å². The zero-order valence-corrected chi connectivity index (χ0v) is 7.29. The monoisotopic (exact) mass is 181 g/mol. The van der Waals surface area contributed by atoms with Gasteiger partial charge in [-0.05, 0) is 24.1 Å². The Bertz CT molecular complexity index is 308. The largest absolute Gasteiger partial charge is 0.396 e. The van der Waals surface area contributed by atoms with Gasteiger partial charge in [0.15, 0.2) is 0 Å². The van der Waals surface area contributed by atoms with E-state index in [-0.39, 0.29) is 11.5 Å². The van der Waals surface area contributed by atoms with Gasteiger partial charge in [0.2, 0.25) is 0 Å². The fourth-order valence-corrected chi connectivity index (χ4v) is 1.61. The first kappa shape index (κ1) is 8.51. The summed E-state index contributed by atoms with van der Waals surface area (Å²) in [5.74, 6) is 0.0468. The number of benzene rings is 1. The highest BCUT2D eigenvalue weighted by atomic mass is 19.1. The number of hydrogen-bond acceptors (Lipinski definition) is 2. The third-order valence-corrected chi connectivity index (χ3v) is 2.42. The van der Waals surface area contributed by atoms with Crippen molar-refractivity contribution in [3.05, 3.63) is 29.6 Å². The number of anilines is 1. The number of hydrogen-bond donors (Lipinski definition) is 1. The zero-order chi connectivity index (χ0) is 9.26. The average Bonchev–Trinajstić information content (AvgIpc) is 2.62. The molecule has 2 N–H and O–H groups in total. The molecule has 1 heterocycles. The van der Waals surface area contributed by atoms with Crippen LogP contribution in [0.5, 0.6) is 0 Å². The smallest absolute Gasteiger partial charge is 0.146 e. The molecule has 0 aliphatic carbocycles. The summed E-state index contributed by atoms with van der Waals surface area (Å²) in [6, 6.07) is 4.91. The molecule has 1 aliphatic heterocycles. The predicted molar refractivity (Wildman–Crippen MR) is 49.0 cm³/mol. The van der Waals surface area contributed by atoms with E-state index >= 15 is 0 Å². The second kappa shape index (κ2) is 3.34. The maximum Gasteiger partial charge on any atom is 0.146 e. The molecule has 1 fully saturated rings. The Kier molecular flexibility index (Phi) is 2.19. The molecule has 70 valence electrons. The van der Waals surface area contributed by atoms with E-state index in [4.69, 9.17) is 10.5 Å². The first-order valence-corrected chi connectivity index (χ1v) is 4.40. The standard InChI is InChI=1S/C10H12FNO/c11-9-2-1-7(5-10(9)12)8-3-4-13-6-8/h1-2,5,8H,3-4,6,12H2. The molecule has 0 spiro atoms. The van der Waals surface area contributed by atoms with Gasteiger partial charge in [0.1, 0.15) is 5.82 Å². The first-order chi connectivity index (χ1) is 6.27. The number of ether oxygens (including phenoxy) is 1. The molecule has 0 aromatic heterocycles. The predicted octanol–water partition coefficient (Wildman–Crippen LogP) is 1.91. The molecule has 0 bridgehead atoms. The van der Waals surface area contributed by atoms with Crippen LogP contribution in [-0.4, -0.2) is 13.2 Å². The maximum absolute atomic E-state index is 12.8. The van der Waals surface area contributed by atoms with Crippen LogP contribution < -0.4 is 5.73 Å². The minimum absolute atomic E-state index is 0.226. The highest BCUT2D eigenvalue weighted by Crippen LogP contribution is 2.27. The van der Waals surface area contributed by atoms with Crippen LogP contribution in [0.1, 0.15) is 17.9 Å². The molecule has 1 aliphatic rings. The fraction of sp³-hybridized carbons (Fsp3) is 0.400. The summed E-state index contributed by atoms with van der Waals surface area (Å²) >= 11 is 0. The summed E-state index contributed by atoms with van der Waals surface area (Å²) in [7, 11) is 0. The van der Waals surface area contributed by atoms with Crippen LogP contribution in [0.15, 0.2) is 18.2 Å². The molecule has 13 heavy (non-hydrogen) atoms. The van der Waals surface area contributed by atoms with Gasteiger partial charge in [0.25, 0.3) is 0 Å². The molecule has 2 nitrogen and oxygen atoms in total. The Morgan fingerprint density at radius 3 is 2.92 bits per heavy atom. The lowest BCUT2D eigenvalue weighted by Crippen LogP contribution is -2.00. The van der Waals surface area contributed by atoms with Crippen LogP contribution in [0.3, 0.4) is 0 Å². The van der Waals surface area contributed by atoms with Crippen molar-refractivity contribution in [3.8, 4) is 0 Å². The van der Waals surface area contributed by atoms with Crippen molar-refractivity contribution < 1.29 is 9.13 Å². The molecule has 0 amide bonds. The van der Waals surface area contributed by atoms with Gasteiger partial charge in [-0.15, -0.1) is 0 Å². The molecular weight excluding hydrogens is 169 g/mol. The summed E-state index contributed by atoms with van der Waals surface area (Å²) in [6.07, 6.45) is 1.01. The molecule has 1 atom stereocenters. The molecule has 1 saturated heterocycles. The van der Waals surface area contributed by atoms with Crippen LogP contribution in [0, 0.1) is 5.82 Å². The Morgan fingerprint density at radius 2 is 2.31 bits per heavy atom. The summed E-state index contributed by atoms with van der Waals surface area (Å²) < 4.78 is 18.1. The molecule has 1 unspecified atom stereocenters. The maximum atomic E-state index is 12.8. The minimum Gasteiger partial charge on any atom is -0.396 e. The summed E-state index contributed by atoms with van der Waals surface area (Å²) in [5.41, 5.74) is 6.78. The Hall–Kier alpha value is -1.09. The van der Waals surface area contributed by atoms with Gasteiger partial charge in [-0.1, -0.05) is 6.07 Å². The lowest BCUT2D eigenvalue weighted by Gasteiger charge is -2.08. The second-order valence-electron chi connectivity index (χ2n) is 3.34. The third-order valence-electron chi connectivity index (χ3n) is 2.42. The molecule has 0 saturated carbocycles. The van der Waals surface area contributed by atoms with E-state index in [9.17, 15) is 4.39 Å². The van der Waals surface area contributed by atoms with Gasteiger partial charge in [-0.3, -0.25) is 0 Å². The van der Waals surface area contributed by atoms with Crippen molar-refractivity contribution in [1.29, 1.82) is 0 Å². The van der Waals surface area contributed by atoms with Gasteiger partial charge in [-0.2, -0.15) is 0 Å². The van der Waals surface area contributed by atoms with Crippen molar-refractivity contribution in [2.75, 3.05) is 18.9 Å².